The van der Waals surface area contributed by atoms with Crippen LogP contribution in [0.1, 0.15) is 20.3 Å². The Balaban J connectivity index is 2.66. The first-order valence-corrected chi connectivity index (χ1v) is 8.18. The van der Waals surface area contributed by atoms with Gasteiger partial charge in [-0.05, 0) is 32.0 Å². The van der Waals surface area contributed by atoms with E-state index in [4.69, 9.17) is 28.3 Å². The van der Waals surface area contributed by atoms with Crippen LogP contribution in [0.25, 0.3) is 0 Å². The van der Waals surface area contributed by atoms with Crippen LogP contribution in [-0.2, 0) is 9.59 Å². The number of hydrogen-bond acceptors (Lipinski definition) is 3. The van der Waals surface area contributed by atoms with E-state index in [-0.39, 0.29) is 24.1 Å². The zero-order valence-electron chi connectivity index (χ0n) is 11.8. The predicted molar refractivity (Wildman–Crippen MR) is 86.3 cm³/mol. The second-order valence-corrected chi connectivity index (χ2v) is 6.35. The summed E-state index contributed by atoms with van der Waals surface area (Å²) in [6, 6.07) is 4.74. The molecule has 0 aromatic heterocycles. The van der Waals surface area contributed by atoms with E-state index in [9.17, 15) is 9.59 Å². The number of nitrogens with zero attached hydrogens (tertiary/aromatic N) is 1. The van der Waals surface area contributed by atoms with E-state index in [0.717, 1.165) is 4.90 Å². The Kier molecular flexibility index (Phi) is 7.35. The zero-order chi connectivity index (χ0) is 16.0. The van der Waals surface area contributed by atoms with Crippen LogP contribution in [0.3, 0.4) is 0 Å². The summed E-state index contributed by atoms with van der Waals surface area (Å²) < 4.78 is 0. The van der Waals surface area contributed by atoms with E-state index in [0.29, 0.717) is 16.6 Å². The second kappa shape index (κ2) is 8.51. The van der Waals surface area contributed by atoms with Crippen molar-refractivity contribution in [1.82, 2.24) is 4.90 Å². The van der Waals surface area contributed by atoms with Crippen molar-refractivity contribution in [2.45, 2.75) is 31.2 Å². The Bertz CT molecular complexity index is 525. The Morgan fingerprint density at radius 2 is 2.05 bits per heavy atom. The topological polar surface area (TPSA) is 57.6 Å². The Hall–Kier alpha value is -0.910. The number of carbonyl (C=O) groups excluding carboxylic acids is 1. The van der Waals surface area contributed by atoms with Crippen molar-refractivity contribution in [1.29, 1.82) is 0 Å². The van der Waals surface area contributed by atoms with E-state index in [1.807, 2.05) is 6.92 Å². The van der Waals surface area contributed by atoms with Gasteiger partial charge in [-0.2, -0.15) is 0 Å². The van der Waals surface area contributed by atoms with E-state index in [2.05, 4.69) is 0 Å². The minimum Gasteiger partial charge on any atom is -0.481 e. The monoisotopic (exact) mass is 349 g/mol. The molecule has 1 amide bonds. The number of carboxylic acids is 1. The molecule has 1 atom stereocenters. The molecule has 0 heterocycles. The van der Waals surface area contributed by atoms with Gasteiger partial charge in [0, 0.05) is 22.5 Å². The number of amides is 1. The Morgan fingerprint density at radius 3 is 2.62 bits per heavy atom. The van der Waals surface area contributed by atoms with Crippen LogP contribution in [0.2, 0.25) is 10.0 Å². The van der Waals surface area contributed by atoms with Crippen molar-refractivity contribution in [3.63, 3.8) is 0 Å². The first-order valence-electron chi connectivity index (χ1n) is 6.44. The van der Waals surface area contributed by atoms with Crippen LogP contribution < -0.4 is 0 Å². The van der Waals surface area contributed by atoms with Gasteiger partial charge in [0.25, 0.3) is 0 Å². The van der Waals surface area contributed by atoms with Gasteiger partial charge in [0.15, 0.2) is 0 Å². The highest BCUT2D eigenvalue weighted by atomic mass is 35.5. The molecule has 0 aliphatic rings. The van der Waals surface area contributed by atoms with Crippen LogP contribution in [0, 0.1) is 0 Å². The van der Waals surface area contributed by atoms with Crippen molar-refractivity contribution in [2.75, 3.05) is 12.3 Å². The third kappa shape index (κ3) is 5.77. The maximum Gasteiger partial charge on any atom is 0.305 e. The molecule has 0 bridgehead atoms. The van der Waals surface area contributed by atoms with E-state index < -0.39 is 5.97 Å². The highest BCUT2D eigenvalue weighted by Gasteiger charge is 2.21. The van der Waals surface area contributed by atoms with E-state index in [1.54, 1.807) is 30.0 Å². The smallest absolute Gasteiger partial charge is 0.305 e. The van der Waals surface area contributed by atoms with Crippen LogP contribution in [0.4, 0.5) is 0 Å². The van der Waals surface area contributed by atoms with Gasteiger partial charge in [0.1, 0.15) is 0 Å². The lowest BCUT2D eigenvalue weighted by Crippen LogP contribution is -2.40. The van der Waals surface area contributed by atoms with Crippen molar-refractivity contribution in [3.8, 4) is 0 Å². The molecule has 4 nitrogen and oxygen atoms in total. The van der Waals surface area contributed by atoms with Gasteiger partial charge >= 0.3 is 5.97 Å². The number of benzene rings is 1. The molecule has 1 unspecified atom stereocenters. The average molecular weight is 350 g/mol. The fourth-order valence-corrected chi connectivity index (χ4v) is 3.29. The van der Waals surface area contributed by atoms with Gasteiger partial charge in [0.05, 0.1) is 17.2 Å². The van der Waals surface area contributed by atoms with Crippen molar-refractivity contribution >= 4 is 46.8 Å². The van der Waals surface area contributed by atoms with Gasteiger partial charge in [0.2, 0.25) is 5.91 Å². The van der Waals surface area contributed by atoms with E-state index >= 15 is 0 Å². The van der Waals surface area contributed by atoms with Gasteiger partial charge in [-0.15, -0.1) is 11.8 Å². The molecular formula is C14H17Cl2NO3S. The third-order valence-electron chi connectivity index (χ3n) is 2.91. The summed E-state index contributed by atoms with van der Waals surface area (Å²) in [6.07, 6.45) is -0.0673. The molecule has 21 heavy (non-hydrogen) atoms. The summed E-state index contributed by atoms with van der Waals surface area (Å²) in [4.78, 5) is 25.2. The summed E-state index contributed by atoms with van der Waals surface area (Å²) in [5.41, 5.74) is 0. The van der Waals surface area contributed by atoms with Crippen LogP contribution in [0.5, 0.6) is 0 Å². The maximum atomic E-state index is 12.2. The summed E-state index contributed by atoms with van der Waals surface area (Å²) in [6.45, 7) is 4.02. The lowest BCUT2D eigenvalue weighted by Gasteiger charge is -2.27. The van der Waals surface area contributed by atoms with Crippen molar-refractivity contribution < 1.29 is 14.7 Å². The summed E-state index contributed by atoms with van der Waals surface area (Å²) >= 11 is 13.2. The first kappa shape index (κ1) is 18.1. The molecule has 1 aromatic rings. The maximum absolute atomic E-state index is 12.2. The number of halogens is 2. The normalized spacial score (nSPS) is 12.0. The average Bonchev–Trinajstić information content (AvgIpc) is 2.39. The van der Waals surface area contributed by atoms with Crippen molar-refractivity contribution in [3.05, 3.63) is 28.2 Å². The third-order valence-corrected chi connectivity index (χ3v) is 4.62. The molecule has 7 heteroatoms. The lowest BCUT2D eigenvalue weighted by atomic mass is 10.2. The fraction of sp³-hybridized carbons (Fsp3) is 0.429. The zero-order valence-corrected chi connectivity index (χ0v) is 14.1. The second-order valence-electron chi connectivity index (χ2n) is 4.49. The van der Waals surface area contributed by atoms with Crippen LogP contribution in [-0.4, -0.2) is 40.2 Å². The number of carboxylic acid groups (broad SMARTS) is 1. The largest absolute Gasteiger partial charge is 0.481 e. The molecule has 0 fully saturated rings. The molecule has 0 aliphatic carbocycles. The molecule has 116 valence electrons. The summed E-state index contributed by atoms with van der Waals surface area (Å²) in [5, 5.41) is 9.91. The number of hydrogen-bond donors (Lipinski definition) is 1. The minimum atomic E-state index is -0.917. The molecule has 0 spiro atoms. The molecule has 1 N–H and O–H groups in total. The van der Waals surface area contributed by atoms with Gasteiger partial charge in [-0.25, -0.2) is 0 Å². The van der Waals surface area contributed by atoms with Gasteiger partial charge < -0.3 is 10.0 Å². The van der Waals surface area contributed by atoms with Gasteiger partial charge in [-0.1, -0.05) is 23.2 Å². The SMILES string of the molecule is CCN(C(=O)CSc1cc(Cl)ccc1Cl)C(C)CC(=O)O. The number of thioether (sulfide) groups is 1. The standard InChI is InChI=1S/C14H17Cl2NO3S/c1-3-17(9(2)6-14(19)20)13(18)8-21-12-7-10(15)4-5-11(12)16/h4-5,7,9H,3,6,8H2,1-2H3,(H,19,20). The molecule has 0 saturated heterocycles. The Labute approximate surface area is 138 Å². The van der Waals surface area contributed by atoms with Crippen LogP contribution in [0.15, 0.2) is 23.1 Å². The number of aliphatic carboxylic acids is 1. The first-order chi connectivity index (χ1) is 9.85. The highest BCUT2D eigenvalue weighted by molar-refractivity contribution is 8.00. The van der Waals surface area contributed by atoms with E-state index in [1.165, 1.54) is 11.8 Å². The van der Waals surface area contributed by atoms with Crippen LogP contribution >= 0.6 is 35.0 Å². The van der Waals surface area contributed by atoms with Crippen molar-refractivity contribution in [2.24, 2.45) is 0 Å². The molecule has 1 aromatic carbocycles. The molecular weight excluding hydrogens is 333 g/mol. The molecule has 0 radical (unpaired) electrons. The summed E-state index contributed by atoms with van der Waals surface area (Å²) in [7, 11) is 0. The summed E-state index contributed by atoms with van der Waals surface area (Å²) in [5.74, 6) is -0.843. The quantitative estimate of drug-likeness (QED) is 0.760. The Morgan fingerprint density at radius 1 is 1.38 bits per heavy atom. The molecule has 0 aliphatic heterocycles. The van der Waals surface area contributed by atoms with Gasteiger partial charge in [-0.3, -0.25) is 9.59 Å². The number of carbonyl (C=O) groups is 2. The molecule has 1 rings (SSSR count). The predicted octanol–water partition coefficient (Wildman–Crippen LogP) is 3.80. The minimum absolute atomic E-state index is 0.0673. The molecule has 0 saturated carbocycles. The number of rotatable bonds is 7. The fourth-order valence-electron chi connectivity index (χ4n) is 1.91. The lowest BCUT2D eigenvalue weighted by molar-refractivity contribution is -0.139. The highest BCUT2D eigenvalue weighted by Crippen LogP contribution is 2.30.